The Morgan fingerprint density at radius 2 is 1.88 bits per heavy atom. The summed E-state index contributed by atoms with van der Waals surface area (Å²) in [7, 11) is 1.65. The number of aromatic nitrogens is 1. The number of phenolic OH excluding ortho intramolecular Hbond substituents is 2. The van der Waals surface area contributed by atoms with Crippen LogP contribution in [0.3, 0.4) is 0 Å². The third kappa shape index (κ3) is 3.07. The normalized spacial score (nSPS) is 12.2. The molecule has 0 saturated carbocycles. The van der Waals surface area contributed by atoms with Crippen LogP contribution < -0.4 is 4.80 Å². The molecular weight excluding hydrogens is 329 g/mol. The molecule has 0 unspecified atom stereocenters. The minimum absolute atomic E-state index is 0.214. The van der Waals surface area contributed by atoms with E-state index in [4.69, 9.17) is 0 Å². The summed E-state index contributed by atoms with van der Waals surface area (Å²) in [5, 5.41) is 25.6. The van der Waals surface area contributed by atoms with Gasteiger partial charge in [-0.1, -0.05) is 6.07 Å². The fourth-order valence-electron chi connectivity index (χ4n) is 2.15. The first-order chi connectivity index (χ1) is 11.6. The Bertz CT molecular complexity index is 959. The molecule has 0 bridgehead atoms. The van der Waals surface area contributed by atoms with Gasteiger partial charge in [-0.25, -0.2) is 9.07 Å². The summed E-state index contributed by atoms with van der Waals surface area (Å²) in [4.78, 5) is 4.81. The highest BCUT2D eigenvalue weighted by molar-refractivity contribution is 7.07. The first-order valence-corrected chi connectivity index (χ1v) is 7.92. The van der Waals surface area contributed by atoms with Crippen molar-refractivity contribution in [3.05, 3.63) is 64.0 Å². The largest absolute Gasteiger partial charge is 0.504 e. The SMILES string of the molecule is CN=c1scc(-c2ccc(F)cc2)n1N=Cc1cccc(O)c1O. The lowest BCUT2D eigenvalue weighted by Gasteiger charge is -2.04. The lowest BCUT2D eigenvalue weighted by molar-refractivity contribution is 0.403. The van der Waals surface area contributed by atoms with Crippen LogP contribution in [0.4, 0.5) is 4.39 Å². The number of hydrogen-bond acceptors (Lipinski definition) is 5. The van der Waals surface area contributed by atoms with Gasteiger partial charge in [0.2, 0.25) is 4.80 Å². The van der Waals surface area contributed by atoms with Gasteiger partial charge in [0.25, 0.3) is 0 Å². The molecule has 0 aliphatic carbocycles. The summed E-state index contributed by atoms with van der Waals surface area (Å²) in [5.74, 6) is -0.766. The molecule has 24 heavy (non-hydrogen) atoms. The van der Waals surface area contributed by atoms with Crippen molar-refractivity contribution in [2.45, 2.75) is 0 Å². The Balaban J connectivity index is 2.07. The maximum absolute atomic E-state index is 13.1. The van der Waals surface area contributed by atoms with Gasteiger partial charge in [-0.2, -0.15) is 5.10 Å². The van der Waals surface area contributed by atoms with Crippen LogP contribution in [0.25, 0.3) is 11.3 Å². The molecule has 0 atom stereocenters. The summed E-state index contributed by atoms with van der Waals surface area (Å²) in [6, 6.07) is 10.7. The van der Waals surface area contributed by atoms with Crippen LogP contribution >= 0.6 is 11.3 Å². The molecule has 1 aromatic heterocycles. The minimum atomic E-state index is -0.311. The van der Waals surface area contributed by atoms with E-state index >= 15 is 0 Å². The third-order valence-electron chi connectivity index (χ3n) is 3.37. The highest BCUT2D eigenvalue weighted by Crippen LogP contribution is 2.27. The first-order valence-electron chi connectivity index (χ1n) is 7.04. The van der Waals surface area contributed by atoms with E-state index in [1.807, 2.05) is 5.38 Å². The quantitative estimate of drug-likeness (QED) is 0.566. The fourth-order valence-corrected chi connectivity index (χ4v) is 2.96. The van der Waals surface area contributed by atoms with Gasteiger partial charge in [0, 0.05) is 23.6 Å². The zero-order chi connectivity index (χ0) is 17.1. The predicted octanol–water partition coefficient (Wildman–Crippen LogP) is 3.18. The third-order valence-corrected chi connectivity index (χ3v) is 4.28. The Hall–Kier alpha value is -2.93. The number of phenols is 2. The lowest BCUT2D eigenvalue weighted by Crippen LogP contribution is -2.11. The Morgan fingerprint density at radius 3 is 2.58 bits per heavy atom. The molecule has 122 valence electrons. The van der Waals surface area contributed by atoms with Gasteiger partial charge in [-0.3, -0.25) is 4.99 Å². The van der Waals surface area contributed by atoms with Crippen LogP contribution in [0, 0.1) is 5.82 Å². The van der Waals surface area contributed by atoms with Crippen LogP contribution in [0.15, 0.2) is 57.9 Å². The Kier molecular flexibility index (Phi) is 4.43. The number of thiazole rings is 1. The zero-order valence-corrected chi connectivity index (χ0v) is 13.5. The van der Waals surface area contributed by atoms with Crippen molar-refractivity contribution in [2.24, 2.45) is 10.1 Å². The van der Waals surface area contributed by atoms with Gasteiger partial charge in [0.1, 0.15) is 5.82 Å². The minimum Gasteiger partial charge on any atom is -0.504 e. The maximum atomic E-state index is 13.1. The second-order valence-corrected chi connectivity index (χ2v) is 5.74. The van der Waals surface area contributed by atoms with Crippen LogP contribution in [0.1, 0.15) is 5.56 Å². The molecule has 2 N–H and O–H groups in total. The maximum Gasteiger partial charge on any atom is 0.205 e. The van der Waals surface area contributed by atoms with Crippen LogP contribution in [-0.4, -0.2) is 28.2 Å². The van der Waals surface area contributed by atoms with Gasteiger partial charge >= 0.3 is 0 Å². The average molecular weight is 343 g/mol. The molecule has 0 amide bonds. The van der Waals surface area contributed by atoms with Gasteiger partial charge in [-0.15, -0.1) is 11.3 Å². The number of nitrogens with zero attached hydrogens (tertiary/aromatic N) is 3. The monoisotopic (exact) mass is 343 g/mol. The van der Waals surface area contributed by atoms with E-state index in [0.717, 1.165) is 11.3 Å². The van der Waals surface area contributed by atoms with E-state index < -0.39 is 0 Å². The van der Waals surface area contributed by atoms with Crippen molar-refractivity contribution in [2.75, 3.05) is 7.05 Å². The Labute approximate surface area is 141 Å². The molecule has 3 rings (SSSR count). The van der Waals surface area contributed by atoms with Crippen LogP contribution in [0.5, 0.6) is 11.5 Å². The van der Waals surface area contributed by atoms with Gasteiger partial charge in [-0.05, 0) is 36.4 Å². The molecular formula is C17H14FN3O2S. The number of aromatic hydroxyl groups is 2. The van der Waals surface area contributed by atoms with Crippen LogP contribution in [-0.2, 0) is 0 Å². The van der Waals surface area contributed by atoms with E-state index in [-0.39, 0.29) is 17.3 Å². The van der Waals surface area contributed by atoms with Gasteiger partial charge in [0.05, 0.1) is 11.9 Å². The second kappa shape index (κ2) is 6.67. The average Bonchev–Trinajstić information content (AvgIpc) is 3.00. The van der Waals surface area contributed by atoms with Gasteiger partial charge < -0.3 is 10.2 Å². The van der Waals surface area contributed by atoms with Crippen LogP contribution in [0.2, 0.25) is 0 Å². The topological polar surface area (TPSA) is 70.1 Å². The van der Waals surface area contributed by atoms with E-state index in [2.05, 4.69) is 10.1 Å². The fraction of sp³-hybridized carbons (Fsp3) is 0.0588. The number of hydrogen-bond donors (Lipinski definition) is 2. The smallest absolute Gasteiger partial charge is 0.205 e. The van der Waals surface area contributed by atoms with Crippen molar-refractivity contribution in [3.63, 3.8) is 0 Å². The first kappa shape index (κ1) is 15.9. The molecule has 0 saturated heterocycles. The highest BCUT2D eigenvalue weighted by Gasteiger charge is 2.08. The summed E-state index contributed by atoms with van der Waals surface area (Å²) >= 11 is 1.39. The zero-order valence-electron chi connectivity index (χ0n) is 12.7. The predicted molar refractivity (Wildman–Crippen MR) is 92.0 cm³/mol. The lowest BCUT2D eigenvalue weighted by atomic mass is 10.2. The number of rotatable bonds is 3. The molecule has 5 nitrogen and oxygen atoms in total. The van der Waals surface area contributed by atoms with E-state index in [1.165, 1.54) is 35.8 Å². The number of para-hydroxylation sites is 1. The molecule has 0 aliphatic heterocycles. The molecule has 0 fully saturated rings. The summed E-state index contributed by atoms with van der Waals surface area (Å²) < 4.78 is 14.7. The molecule has 2 aromatic carbocycles. The highest BCUT2D eigenvalue weighted by atomic mass is 32.1. The van der Waals surface area contributed by atoms with Crippen molar-refractivity contribution in [1.82, 2.24) is 4.68 Å². The van der Waals surface area contributed by atoms with E-state index in [0.29, 0.717) is 10.4 Å². The molecule has 1 heterocycles. The van der Waals surface area contributed by atoms with Gasteiger partial charge in [0.15, 0.2) is 11.5 Å². The summed E-state index contributed by atoms with van der Waals surface area (Å²) in [5.41, 5.74) is 1.91. The molecule has 0 spiro atoms. The number of benzene rings is 2. The molecule has 0 aliphatic rings. The van der Waals surface area contributed by atoms with Crippen molar-refractivity contribution in [1.29, 1.82) is 0 Å². The van der Waals surface area contributed by atoms with Crippen molar-refractivity contribution < 1.29 is 14.6 Å². The second-order valence-electron chi connectivity index (χ2n) is 4.91. The molecule has 3 aromatic rings. The molecule has 7 heteroatoms. The van der Waals surface area contributed by atoms with E-state index in [9.17, 15) is 14.6 Å². The number of halogens is 1. The molecule has 0 radical (unpaired) electrons. The standard InChI is InChI=1S/C17H14FN3O2S/c1-19-17-21(20-9-12-3-2-4-15(22)16(12)23)14(10-24-17)11-5-7-13(18)8-6-11/h2-10,22-23H,1H3. The summed E-state index contributed by atoms with van der Waals surface area (Å²) in [6.07, 6.45) is 1.43. The Morgan fingerprint density at radius 1 is 1.12 bits per heavy atom. The van der Waals surface area contributed by atoms with E-state index in [1.54, 1.807) is 36.0 Å². The summed E-state index contributed by atoms with van der Waals surface area (Å²) in [6.45, 7) is 0. The van der Waals surface area contributed by atoms with Crippen molar-refractivity contribution in [3.8, 4) is 22.8 Å². The van der Waals surface area contributed by atoms with Crippen molar-refractivity contribution >= 4 is 17.6 Å².